The Morgan fingerprint density at radius 2 is 2.10 bits per heavy atom. The maximum Gasteiger partial charge on any atom is 0.0163 e. The number of allylic oxidation sites excluding steroid dienone is 2. The van der Waals surface area contributed by atoms with Gasteiger partial charge in [-0.25, -0.2) is 0 Å². The molecule has 0 aromatic rings. The second-order valence-electron chi connectivity index (χ2n) is 2.65. The van der Waals surface area contributed by atoms with E-state index in [1.54, 1.807) is 0 Å². The van der Waals surface area contributed by atoms with Crippen molar-refractivity contribution in [3.8, 4) is 0 Å². The Balaban J connectivity index is 1.97. The Morgan fingerprint density at radius 1 is 1.30 bits per heavy atom. The summed E-state index contributed by atoms with van der Waals surface area (Å²) in [5.41, 5.74) is 0. The van der Waals surface area contributed by atoms with Crippen molar-refractivity contribution in [1.29, 1.82) is 0 Å². The minimum absolute atomic E-state index is 1.01. The molecule has 1 nitrogen and oxygen atoms in total. The van der Waals surface area contributed by atoms with Crippen molar-refractivity contribution in [2.45, 2.75) is 12.8 Å². The molecule has 1 rings (SSSR count). The van der Waals surface area contributed by atoms with Crippen molar-refractivity contribution in [2.75, 3.05) is 19.6 Å². The van der Waals surface area contributed by atoms with Crippen molar-refractivity contribution in [3.05, 3.63) is 24.8 Å². The van der Waals surface area contributed by atoms with Gasteiger partial charge in [0.05, 0.1) is 0 Å². The molecule has 0 bridgehead atoms. The first kappa shape index (κ1) is 7.55. The van der Waals surface area contributed by atoms with Crippen LogP contribution in [0.15, 0.2) is 24.8 Å². The monoisotopic (exact) mass is 137 g/mol. The Kier molecular flexibility index (Phi) is 3.23. The SMILES string of the molecule is C=CC/C=C/CN1CCC1. The summed E-state index contributed by atoms with van der Waals surface area (Å²) in [6, 6.07) is 0. The average molecular weight is 137 g/mol. The summed E-state index contributed by atoms with van der Waals surface area (Å²) in [4.78, 5) is 2.43. The lowest BCUT2D eigenvalue weighted by Crippen LogP contribution is -2.36. The van der Waals surface area contributed by atoms with E-state index in [1.807, 2.05) is 6.08 Å². The Bertz CT molecular complexity index is 123. The normalized spacial score (nSPS) is 19.2. The smallest absolute Gasteiger partial charge is 0.0163 e. The van der Waals surface area contributed by atoms with Crippen LogP contribution in [0.25, 0.3) is 0 Å². The van der Waals surface area contributed by atoms with Crippen LogP contribution < -0.4 is 0 Å². The number of rotatable bonds is 4. The topological polar surface area (TPSA) is 3.24 Å². The van der Waals surface area contributed by atoms with Gasteiger partial charge in [-0.05, 0) is 25.9 Å². The molecule has 0 spiro atoms. The average Bonchev–Trinajstić information content (AvgIpc) is 1.84. The molecule has 10 heavy (non-hydrogen) atoms. The third-order valence-electron chi connectivity index (χ3n) is 1.78. The highest BCUT2D eigenvalue weighted by Crippen LogP contribution is 2.04. The Labute approximate surface area is 63.0 Å². The molecule has 1 heteroatoms. The number of likely N-dealkylation sites (tertiary alicyclic amines) is 1. The van der Waals surface area contributed by atoms with E-state index in [0.717, 1.165) is 13.0 Å². The molecule has 0 atom stereocenters. The Morgan fingerprint density at radius 3 is 2.60 bits per heavy atom. The maximum atomic E-state index is 3.65. The first-order chi connectivity index (χ1) is 4.93. The lowest BCUT2D eigenvalue weighted by atomic mass is 10.2. The van der Waals surface area contributed by atoms with Crippen LogP contribution in [0, 0.1) is 0 Å². The molecule has 0 aliphatic carbocycles. The first-order valence-corrected chi connectivity index (χ1v) is 3.92. The number of hydrogen-bond donors (Lipinski definition) is 0. The van der Waals surface area contributed by atoms with Crippen LogP contribution in [0.4, 0.5) is 0 Å². The molecule has 1 heterocycles. The van der Waals surface area contributed by atoms with E-state index in [2.05, 4.69) is 23.6 Å². The zero-order chi connectivity index (χ0) is 7.23. The van der Waals surface area contributed by atoms with E-state index in [1.165, 1.54) is 19.5 Å². The van der Waals surface area contributed by atoms with Crippen molar-refractivity contribution in [2.24, 2.45) is 0 Å². The lowest BCUT2D eigenvalue weighted by Gasteiger charge is -2.29. The molecular weight excluding hydrogens is 122 g/mol. The molecule has 0 aromatic carbocycles. The fraction of sp³-hybridized carbons (Fsp3) is 0.556. The zero-order valence-corrected chi connectivity index (χ0v) is 6.42. The van der Waals surface area contributed by atoms with E-state index in [4.69, 9.17) is 0 Å². The summed E-state index contributed by atoms with van der Waals surface area (Å²) in [5, 5.41) is 0. The van der Waals surface area contributed by atoms with E-state index in [0.29, 0.717) is 0 Å². The molecule has 0 N–H and O–H groups in total. The summed E-state index contributed by atoms with van der Waals surface area (Å²) < 4.78 is 0. The van der Waals surface area contributed by atoms with Crippen LogP contribution >= 0.6 is 0 Å². The van der Waals surface area contributed by atoms with Crippen LogP contribution in [0.2, 0.25) is 0 Å². The maximum absolute atomic E-state index is 3.65. The fourth-order valence-electron chi connectivity index (χ4n) is 0.980. The summed E-state index contributed by atoms with van der Waals surface area (Å²) in [6.45, 7) is 7.36. The molecule has 0 amide bonds. The van der Waals surface area contributed by atoms with Gasteiger partial charge >= 0.3 is 0 Å². The van der Waals surface area contributed by atoms with Crippen LogP contribution in [-0.2, 0) is 0 Å². The molecule has 56 valence electrons. The van der Waals surface area contributed by atoms with Crippen LogP contribution in [-0.4, -0.2) is 24.5 Å². The van der Waals surface area contributed by atoms with E-state index >= 15 is 0 Å². The largest absolute Gasteiger partial charge is 0.300 e. The molecular formula is C9H15N. The van der Waals surface area contributed by atoms with Crippen molar-refractivity contribution in [1.82, 2.24) is 4.90 Å². The van der Waals surface area contributed by atoms with Gasteiger partial charge in [-0.1, -0.05) is 18.2 Å². The van der Waals surface area contributed by atoms with Crippen molar-refractivity contribution < 1.29 is 0 Å². The summed E-state index contributed by atoms with van der Waals surface area (Å²) >= 11 is 0. The van der Waals surface area contributed by atoms with E-state index < -0.39 is 0 Å². The number of nitrogens with zero attached hydrogens (tertiary/aromatic N) is 1. The van der Waals surface area contributed by atoms with Crippen LogP contribution in [0.3, 0.4) is 0 Å². The fourth-order valence-corrected chi connectivity index (χ4v) is 0.980. The third kappa shape index (κ3) is 2.36. The van der Waals surface area contributed by atoms with Gasteiger partial charge in [-0.2, -0.15) is 0 Å². The summed E-state index contributed by atoms with van der Waals surface area (Å²) in [7, 11) is 0. The van der Waals surface area contributed by atoms with Gasteiger partial charge < -0.3 is 0 Å². The standard InChI is InChI=1S/C9H15N/c1-2-3-4-5-7-10-8-6-9-10/h2,4-5H,1,3,6-9H2/b5-4+. The highest BCUT2D eigenvalue weighted by molar-refractivity contribution is 4.91. The van der Waals surface area contributed by atoms with Crippen LogP contribution in [0.5, 0.6) is 0 Å². The molecule has 1 fully saturated rings. The quantitative estimate of drug-likeness (QED) is 0.534. The van der Waals surface area contributed by atoms with Gasteiger partial charge in [0.2, 0.25) is 0 Å². The lowest BCUT2D eigenvalue weighted by molar-refractivity contribution is 0.203. The minimum Gasteiger partial charge on any atom is -0.300 e. The van der Waals surface area contributed by atoms with E-state index in [-0.39, 0.29) is 0 Å². The van der Waals surface area contributed by atoms with E-state index in [9.17, 15) is 0 Å². The molecule has 0 aromatic heterocycles. The molecule has 0 saturated carbocycles. The second-order valence-corrected chi connectivity index (χ2v) is 2.65. The molecule has 0 unspecified atom stereocenters. The van der Waals surface area contributed by atoms with Crippen LogP contribution in [0.1, 0.15) is 12.8 Å². The van der Waals surface area contributed by atoms with Gasteiger partial charge in [0, 0.05) is 6.54 Å². The summed E-state index contributed by atoms with van der Waals surface area (Å²) in [6.07, 6.45) is 8.71. The Hall–Kier alpha value is -0.560. The predicted molar refractivity (Wildman–Crippen MR) is 45.0 cm³/mol. The van der Waals surface area contributed by atoms with Gasteiger partial charge in [0.1, 0.15) is 0 Å². The molecule has 0 radical (unpaired) electrons. The first-order valence-electron chi connectivity index (χ1n) is 3.92. The molecule has 1 saturated heterocycles. The minimum atomic E-state index is 1.01. The second kappa shape index (κ2) is 4.29. The zero-order valence-electron chi connectivity index (χ0n) is 6.42. The third-order valence-corrected chi connectivity index (χ3v) is 1.78. The highest BCUT2D eigenvalue weighted by atomic mass is 15.2. The number of hydrogen-bond acceptors (Lipinski definition) is 1. The van der Waals surface area contributed by atoms with Crippen molar-refractivity contribution in [3.63, 3.8) is 0 Å². The van der Waals surface area contributed by atoms with Gasteiger partial charge in [-0.3, -0.25) is 4.90 Å². The molecule has 1 aliphatic heterocycles. The predicted octanol–water partition coefficient (Wildman–Crippen LogP) is 1.82. The van der Waals surface area contributed by atoms with Gasteiger partial charge in [-0.15, -0.1) is 6.58 Å². The van der Waals surface area contributed by atoms with Crippen molar-refractivity contribution >= 4 is 0 Å². The highest BCUT2D eigenvalue weighted by Gasteiger charge is 2.10. The molecule has 1 aliphatic rings. The summed E-state index contributed by atoms with van der Waals surface area (Å²) in [5.74, 6) is 0. The van der Waals surface area contributed by atoms with Gasteiger partial charge in [0.15, 0.2) is 0 Å². The van der Waals surface area contributed by atoms with Gasteiger partial charge in [0.25, 0.3) is 0 Å².